The summed E-state index contributed by atoms with van der Waals surface area (Å²) in [6.07, 6.45) is 0.307. The molecule has 0 radical (unpaired) electrons. The molecule has 5 heteroatoms. The van der Waals surface area contributed by atoms with Crippen LogP contribution < -0.4 is 0 Å². The summed E-state index contributed by atoms with van der Waals surface area (Å²) < 4.78 is 2.86. The number of hydrogen-bond donors (Lipinski definition) is 0. The van der Waals surface area contributed by atoms with E-state index in [2.05, 4.69) is 32.3 Å². The van der Waals surface area contributed by atoms with Gasteiger partial charge in [0.25, 0.3) is 0 Å². The first-order chi connectivity index (χ1) is 8.22. The molecule has 0 spiro atoms. The number of nitrogens with zero attached hydrogens (tertiary/aromatic N) is 4. The molecule has 0 aliphatic heterocycles. The number of nitriles is 1. The van der Waals surface area contributed by atoms with Crippen LogP contribution in [-0.4, -0.2) is 15.0 Å². The van der Waals surface area contributed by atoms with Crippen molar-refractivity contribution < 1.29 is 0 Å². The average Bonchev–Trinajstić information content (AvgIpc) is 2.65. The van der Waals surface area contributed by atoms with Crippen molar-refractivity contribution in [3.63, 3.8) is 0 Å². The van der Waals surface area contributed by atoms with Crippen LogP contribution in [0.3, 0.4) is 0 Å². The summed E-state index contributed by atoms with van der Waals surface area (Å²) >= 11 is 3.50. The maximum atomic E-state index is 8.65. The summed E-state index contributed by atoms with van der Waals surface area (Å²) in [7, 11) is 0. The fourth-order valence-electron chi connectivity index (χ4n) is 1.57. The second-order valence-corrected chi connectivity index (χ2v) is 4.56. The highest BCUT2D eigenvalue weighted by molar-refractivity contribution is 9.10. The van der Waals surface area contributed by atoms with Gasteiger partial charge in [-0.2, -0.15) is 5.26 Å². The number of aromatic nitrogens is 3. The third kappa shape index (κ3) is 2.53. The highest BCUT2D eigenvalue weighted by Crippen LogP contribution is 2.17. The highest BCUT2D eigenvalue weighted by Gasteiger charge is 2.09. The molecule has 0 unspecified atom stereocenters. The van der Waals surface area contributed by atoms with Crippen LogP contribution in [0, 0.1) is 18.3 Å². The molecule has 0 saturated heterocycles. The summed E-state index contributed by atoms with van der Waals surface area (Å²) in [5, 5.41) is 16.7. The summed E-state index contributed by atoms with van der Waals surface area (Å²) in [5.74, 6) is 0. The zero-order valence-electron chi connectivity index (χ0n) is 9.39. The third-order valence-electron chi connectivity index (χ3n) is 2.60. The first-order valence-electron chi connectivity index (χ1n) is 5.21. The fourth-order valence-corrected chi connectivity index (χ4v) is 1.98. The molecule has 0 fully saturated rings. The van der Waals surface area contributed by atoms with Crippen molar-refractivity contribution in [1.82, 2.24) is 15.0 Å². The molecule has 0 aliphatic carbocycles. The van der Waals surface area contributed by atoms with Gasteiger partial charge in [-0.05, 0) is 18.6 Å². The van der Waals surface area contributed by atoms with Gasteiger partial charge in [0, 0.05) is 4.47 Å². The standard InChI is InChI=1S/C12H11BrN4/c1-9-12(6-7-14)15-16-17(9)8-10-4-2-3-5-11(10)13/h2-5H,6,8H2,1H3. The second-order valence-electron chi connectivity index (χ2n) is 3.71. The van der Waals surface area contributed by atoms with Crippen LogP contribution in [0.1, 0.15) is 17.0 Å². The SMILES string of the molecule is Cc1c(CC#N)nnn1Cc1ccccc1Br. The lowest BCUT2D eigenvalue weighted by molar-refractivity contribution is 0.632. The largest absolute Gasteiger partial charge is 0.245 e. The van der Waals surface area contributed by atoms with Gasteiger partial charge in [0.15, 0.2) is 0 Å². The summed E-state index contributed by atoms with van der Waals surface area (Å²) in [5.41, 5.74) is 2.84. The van der Waals surface area contributed by atoms with E-state index in [0.29, 0.717) is 13.0 Å². The van der Waals surface area contributed by atoms with Crippen molar-refractivity contribution in [2.75, 3.05) is 0 Å². The Kier molecular flexibility index (Phi) is 3.55. The number of halogens is 1. The molecule has 2 rings (SSSR count). The minimum Gasteiger partial charge on any atom is -0.245 e. The van der Waals surface area contributed by atoms with Crippen LogP contribution in [0.4, 0.5) is 0 Å². The predicted molar refractivity (Wildman–Crippen MR) is 67.3 cm³/mol. The van der Waals surface area contributed by atoms with Gasteiger partial charge >= 0.3 is 0 Å². The highest BCUT2D eigenvalue weighted by atomic mass is 79.9. The second kappa shape index (κ2) is 5.11. The van der Waals surface area contributed by atoms with Crippen molar-refractivity contribution in [2.45, 2.75) is 19.9 Å². The monoisotopic (exact) mass is 290 g/mol. The molecule has 0 saturated carbocycles. The molecule has 86 valence electrons. The zero-order chi connectivity index (χ0) is 12.3. The van der Waals surface area contributed by atoms with Gasteiger partial charge in [0.05, 0.1) is 30.4 Å². The molecular formula is C12H11BrN4. The van der Waals surface area contributed by atoms with Crippen LogP contribution in [0.2, 0.25) is 0 Å². The van der Waals surface area contributed by atoms with Gasteiger partial charge < -0.3 is 0 Å². The molecule has 1 aromatic heterocycles. The van der Waals surface area contributed by atoms with Gasteiger partial charge in [-0.25, -0.2) is 4.68 Å². The minimum absolute atomic E-state index is 0.307. The molecular weight excluding hydrogens is 280 g/mol. The summed E-state index contributed by atoms with van der Waals surface area (Å²) in [6.45, 7) is 2.59. The van der Waals surface area contributed by atoms with E-state index in [4.69, 9.17) is 5.26 Å². The van der Waals surface area contributed by atoms with E-state index in [9.17, 15) is 0 Å². The molecule has 1 heterocycles. The van der Waals surface area contributed by atoms with Gasteiger partial charge in [0.1, 0.15) is 0 Å². The number of hydrogen-bond acceptors (Lipinski definition) is 3. The quantitative estimate of drug-likeness (QED) is 0.873. The van der Waals surface area contributed by atoms with Crippen molar-refractivity contribution in [3.05, 3.63) is 45.7 Å². The average molecular weight is 291 g/mol. The van der Waals surface area contributed by atoms with E-state index in [1.165, 1.54) is 0 Å². The Morgan fingerprint density at radius 1 is 1.41 bits per heavy atom. The van der Waals surface area contributed by atoms with Gasteiger partial charge in [-0.3, -0.25) is 0 Å². The Bertz CT molecular complexity index is 568. The lowest BCUT2D eigenvalue weighted by Crippen LogP contribution is -2.04. The Labute approximate surface area is 108 Å². The molecule has 0 N–H and O–H groups in total. The fraction of sp³-hybridized carbons (Fsp3) is 0.250. The van der Waals surface area contributed by atoms with Crippen LogP contribution in [0.15, 0.2) is 28.7 Å². The van der Waals surface area contributed by atoms with Gasteiger partial charge in [-0.1, -0.05) is 39.3 Å². The number of benzene rings is 1. The van der Waals surface area contributed by atoms with Gasteiger partial charge in [0.2, 0.25) is 0 Å². The van der Waals surface area contributed by atoms with Crippen molar-refractivity contribution >= 4 is 15.9 Å². The zero-order valence-corrected chi connectivity index (χ0v) is 11.0. The first kappa shape index (κ1) is 11.8. The van der Waals surface area contributed by atoms with Crippen molar-refractivity contribution in [2.24, 2.45) is 0 Å². The molecule has 0 aliphatic rings. The third-order valence-corrected chi connectivity index (χ3v) is 3.38. The van der Waals surface area contributed by atoms with Crippen molar-refractivity contribution in [1.29, 1.82) is 5.26 Å². The van der Waals surface area contributed by atoms with E-state index in [0.717, 1.165) is 21.4 Å². The maximum Gasteiger partial charge on any atom is 0.0996 e. The number of rotatable bonds is 3. The van der Waals surface area contributed by atoms with Crippen molar-refractivity contribution in [3.8, 4) is 6.07 Å². The van der Waals surface area contributed by atoms with Crippen LogP contribution in [-0.2, 0) is 13.0 Å². The minimum atomic E-state index is 0.307. The van der Waals surface area contributed by atoms with Gasteiger partial charge in [-0.15, -0.1) is 5.10 Å². The first-order valence-corrected chi connectivity index (χ1v) is 6.01. The molecule has 0 bridgehead atoms. The molecule has 0 atom stereocenters. The van der Waals surface area contributed by atoms with Crippen LogP contribution in [0.5, 0.6) is 0 Å². The molecule has 4 nitrogen and oxygen atoms in total. The predicted octanol–water partition coefficient (Wildman–Crippen LogP) is 2.46. The Morgan fingerprint density at radius 2 is 2.18 bits per heavy atom. The maximum absolute atomic E-state index is 8.65. The van der Waals surface area contributed by atoms with E-state index in [1.54, 1.807) is 0 Å². The van der Waals surface area contributed by atoms with Crippen LogP contribution in [0.25, 0.3) is 0 Å². The Balaban J connectivity index is 2.26. The topological polar surface area (TPSA) is 54.5 Å². The molecule has 2 aromatic rings. The summed E-state index contributed by atoms with van der Waals surface area (Å²) in [4.78, 5) is 0. The van der Waals surface area contributed by atoms with E-state index < -0.39 is 0 Å². The summed E-state index contributed by atoms with van der Waals surface area (Å²) in [6, 6.07) is 10.1. The molecule has 1 aromatic carbocycles. The van der Waals surface area contributed by atoms with E-state index in [-0.39, 0.29) is 0 Å². The Morgan fingerprint density at radius 3 is 2.88 bits per heavy atom. The van der Waals surface area contributed by atoms with E-state index in [1.807, 2.05) is 35.9 Å². The normalized spacial score (nSPS) is 10.2. The molecule has 17 heavy (non-hydrogen) atoms. The molecule has 0 amide bonds. The Hall–Kier alpha value is -1.67. The lowest BCUT2D eigenvalue weighted by Gasteiger charge is -2.05. The lowest BCUT2D eigenvalue weighted by atomic mass is 10.2. The van der Waals surface area contributed by atoms with E-state index >= 15 is 0 Å². The smallest absolute Gasteiger partial charge is 0.0996 e. The van der Waals surface area contributed by atoms with Crippen LogP contribution >= 0.6 is 15.9 Å².